The van der Waals surface area contributed by atoms with Crippen LogP contribution in [0.15, 0.2) is 12.3 Å². The topological polar surface area (TPSA) is 78.9 Å². The van der Waals surface area contributed by atoms with Gasteiger partial charge in [-0.05, 0) is 71.8 Å². The van der Waals surface area contributed by atoms with Crippen LogP contribution >= 0.6 is 0 Å². The molecule has 56 heavy (non-hydrogen) atoms. The molecule has 0 unspecified atom stereocenters. The van der Waals surface area contributed by atoms with Crippen LogP contribution in [-0.4, -0.2) is 63.6 Å². The maximum Gasteiger partial charge on any atom is 0.290 e. The molecule has 0 rings (SSSR count). The molecule has 6 nitrogen and oxygen atoms in total. The quantitative estimate of drug-likeness (QED) is 0.0364. The summed E-state index contributed by atoms with van der Waals surface area (Å²) in [6.07, 6.45) is 49.0. The van der Waals surface area contributed by atoms with E-state index < -0.39 is 0 Å². The first-order valence-electron chi connectivity index (χ1n) is 24.5. The number of carbonyl (C=O) groups is 2. The Kier molecular flexibility index (Phi) is 65.9. The Morgan fingerprint density at radius 3 is 1.18 bits per heavy atom. The summed E-state index contributed by atoms with van der Waals surface area (Å²) in [6.45, 7) is 20.0. The molecule has 0 aromatic rings. The van der Waals surface area contributed by atoms with Gasteiger partial charge in [0.1, 0.15) is 6.79 Å². The Morgan fingerprint density at radius 2 is 0.804 bits per heavy atom. The highest BCUT2D eigenvalue weighted by Crippen LogP contribution is 2.25. The molecule has 0 aromatic carbocycles. The highest BCUT2D eigenvalue weighted by molar-refractivity contribution is 5.32. The molecule has 0 spiro atoms. The maximum atomic E-state index is 8.36. The standard InChI is InChI=1S/C46H93NO.C2H7N.CH2O2.CH2O/c1-6-10-14-17-20-29-36-44-48-45(5)37-30-23-21-27-34-42-47(41-13-9-4)43-35-28-22-26-33-40-46(38-31-24-18-15-11-7-2)39-32-25-19-16-12-8-3;1-3-2;2-1-3;1-2/h46H,5-44H2,1-4H3;3H,1-2H3;1H,(H,2,3);1H2. The van der Waals surface area contributed by atoms with Crippen LogP contribution in [0.5, 0.6) is 0 Å². The predicted octanol–water partition coefficient (Wildman–Crippen LogP) is 15.5. The highest BCUT2D eigenvalue weighted by Gasteiger charge is 2.09. The SMILES string of the molecule is C=C(CCCCCCCN(CCCC)CCCCCCCC(CCCCCCCC)CCCCCCCC)OCCCCCCCCC.C=O.CNC.O=CO. The molecule has 0 aliphatic rings. The van der Waals surface area contributed by atoms with Crippen molar-refractivity contribution < 1.29 is 19.4 Å². The van der Waals surface area contributed by atoms with Crippen molar-refractivity contribution in [3.63, 3.8) is 0 Å². The van der Waals surface area contributed by atoms with Crippen LogP contribution in [0.4, 0.5) is 0 Å². The summed E-state index contributed by atoms with van der Waals surface area (Å²) >= 11 is 0. The minimum absolute atomic E-state index is 0.250. The fourth-order valence-electron chi connectivity index (χ4n) is 7.41. The Morgan fingerprint density at radius 1 is 0.518 bits per heavy atom. The average molecular weight is 797 g/mol. The van der Waals surface area contributed by atoms with E-state index in [4.69, 9.17) is 19.4 Å². The molecule has 0 fully saturated rings. The van der Waals surface area contributed by atoms with Crippen molar-refractivity contribution in [3.8, 4) is 0 Å². The van der Waals surface area contributed by atoms with Crippen LogP contribution < -0.4 is 5.32 Å². The lowest BCUT2D eigenvalue weighted by Gasteiger charge is -2.22. The van der Waals surface area contributed by atoms with E-state index in [0.717, 1.165) is 24.7 Å². The molecule has 2 N–H and O–H groups in total. The molecular weight excluding hydrogens is 693 g/mol. The van der Waals surface area contributed by atoms with Gasteiger partial charge in [0.15, 0.2) is 0 Å². The second kappa shape index (κ2) is 60.3. The number of rotatable bonds is 42. The molecule has 0 aliphatic carbocycles. The second-order valence-corrected chi connectivity index (χ2v) is 16.4. The van der Waals surface area contributed by atoms with Crippen molar-refractivity contribution in [3.05, 3.63) is 12.3 Å². The summed E-state index contributed by atoms with van der Waals surface area (Å²) in [4.78, 5) is 19.2. The highest BCUT2D eigenvalue weighted by atomic mass is 16.5. The zero-order valence-electron chi connectivity index (χ0n) is 39.3. The van der Waals surface area contributed by atoms with Crippen LogP contribution in [-0.2, 0) is 14.3 Å². The van der Waals surface area contributed by atoms with Gasteiger partial charge in [-0.15, -0.1) is 0 Å². The van der Waals surface area contributed by atoms with Crippen LogP contribution in [0.1, 0.15) is 252 Å². The van der Waals surface area contributed by atoms with E-state index in [-0.39, 0.29) is 6.47 Å². The molecule has 338 valence electrons. The lowest BCUT2D eigenvalue weighted by atomic mass is 9.89. The summed E-state index contributed by atoms with van der Waals surface area (Å²) in [6, 6.07) is 0. The summed E-state index contributed by atoms with van der Waals surface area (Å²) in [5, 5.41) is 9.64. The Hall–Kier alpha value is -1.40. The van der Waals surface area contributed by atoms with Crippen molar-refractivity contribution in [2.75, 3.05) is 40.3 Å². The number of allylic oxidation sites excluding steroid dienone is 1. The minimum Gasteiger partial charge on any atom is -0.499 e. The second-order valence-electron chi connectivity index (χ2n) is 16.4. The number of carboxylic acid groups (broad SMARTS) is 1. The zero-order chi connectivity index (χ0) is 42.4. The van der Waals surface area contributed by atoms with Crippen LogP contribution in [0, 0.1) is 5.92 Å². The van der Waals surface area contributed by atoms with Gasteiger partial charge in [-0.3, -0.25) is 4.79 Å². The minimum atomic E-state index is -0.250. The van der Waals surface area contributed by atoms with Crippen molar-refractivity contribution in [2.24, 2.45) is 5.92 Å². The van der Waals surface area contributed by atoms with E-state index in [9.17, 15) is 0 Å². The molecule has 0 aromatic heterocycles. The van der Waals surface area contributed by atoms with E-state index in [1.165, 1.54) is 238 Å². The summed E-state index contributed by atoms with van der Waals surface area (Å²) in [5.41, 5.74) is 0. The Bertz CT molecular complexity index is 676. The number of nitrogens with one attached hydrogen (secondary N) is 1. The predicted molar refractivity (Wildman–Crippen MR) is 250 cm³/mol. The normalized spacial score (nSPS) is 10.6. The van der Waals surface area contributed by atoms with Crippen molar-refractivity contribution in [1.82, 2.24) is 10.2 Å². The van der Waals surface area contributed by atoms with E-state index in [1.807, 2.05) is 20.9 Å². The number of unbranched alkanes of at least 4 members (excludes halogenated alkanes) is 25. The molecule has 6 heteroatoms. The smallest absolute Gasteiger partial charge is 0.290 e. The molecule has 0 radical (unpaired) electrons. The van der Waals surface area contributed by atoms with E-state index in [1.54, 1.807) is 0 Å². The molecule has 0 heterocycles. The van der Waals surface area contributed by atoms with Gasteiger partial charge in [0.2, 0.25) is 0 Å². The fraction of sp³-hybridized carbons (Fsp3) is 0.920. The first kappa shape index (κ1) is 61.3. The third kappa shape index (κ3) is 59.3. The number of nitrogens with zero attached hydrogens (tertiary/aromatic N) is 1. The lowest BCUT2D eigenvalue weighted by molar-refractivity contribution is -0.122. The summed E-state index contributed by atoms with van der Waals surface area (Å²) in [5.74, 6) is 2.03. The van der Waals surface area contributed by atoms with Gasteiger partial charge in [-0.25, -0.2) is 0 Å². The first-order valence-corrected chi connectivity index (χ1v) is 24.5. The number of hydrogen-bond acceptors (Lipinski definition) is 5. The first-order chi connectivity index (χ1) is 27.5. The zero-order valence-corrected chi connectivity index (χ0v) is 39.3. The molecule has 0 aliphatic heterocycles. The molecule has 0 saturated carbocycles. The number of ether oxygens (including phenoxy) is 1. The average Bonchev–Trinajstić information content (AvgIpc) is 3.20. The molecular formula is C50H104N2O4. The van der Waals surface area contributed by atoms with Gasteiger partial charge in [0.25, 0.3) is 6.47 Å². The molecule has 0 bridgehead atoms. The summed E-state index contributed by atoms with van der Waals surface area (Å²) < 4.78 is 5.90. The van der Waals surface area contributed by atoms with E-state index >= 15 is 0 Å². The van der Waals surface area contributed by atoms with Crippen molar-refractivity contribution in [1.29, 1.82) is 0 Å². The van der Waals surface area contributed by atoms with Crippen molar-refractivity contribution >= 4 is 13.3 Å². The third-order valence-corrected chi connectivity index (χ3v) is 10.8. The fourth-order valence-corrected chi connectivity index (χ4v) is 7.41. The van der Waals surface area contributed by atoms with E-state index in [2.05, 4.69) is 44.5 Å². The van der Waals surface area contributed by atoms with Gasteiger partial charge in [0, 0.05) is 6.42 Å². The van der Waals surface area contributed by atoms with Gasteiger partial charge < -0.3 is 24.9 Å². The monoisotopic (exact) mass is 797 g/mol. The van der Waals surface area contributed by atoms with Crippen LogP contribution in [0.3, 0.4) is 0 Å². The largest absolute Gasteiger partial charge is 0.499 e. The summed E-state index contributed by atoms with van der Waals surface area (Å²) in [7, 11) is 3.75. The van der Waals surface area contributed by atoms with Crippen LogP contribution in [0.25, 0.3) is 0 Å². The number of carbonyl (C=O) groups excluding carboxylic acids is 1. The van der Waals surface area contributed by atoms with Crippen molar-refractivity contribution in [2.45, 2.75) is 252 Å². The molecule has 0 atom stereocenters. The molecule has 0 amide bonds. The van der Waals surface area contributed by atoms with Gasteiger partial charge in [-0.1, -0.05) is 220 Å². The van der Waals surface area contributed by atoms with Crippen LogP contribution in [0.2, 0.25) is 0 Å². The Labute approximate surface area is 352 Å². The molecule has 0 saturated heterocycles. The van der Waals surface area contributed by atoms with Gasteiger partial charge in [-0.2, -0.15) is 0 Å². The van der Waals surface area contributed by atoms with Gasteiger partial charge >= 0.3 is 0 Å². The lowest BCUT2D eigenvalue weighted by Crippen LogP contribution is -2.27. The van der Waals surface area contributed by atoms with E-state index in [0.29, 0.717) is 0 Å². The maximum absolute atomic E-state index is 8.36. The van der Waals surface area contributed by atoms with Gasteiger partial charge in [0.05, 0.1) is 12.4 Å². The Balaban J connectivity index is -0.00000155. The number of hydrogen-bond donors (Lipinski definition) is 2. The third-order valence-electron chi connectivity index (χ3n) is 10.8.